The Morgan fingerprint density at radius 2 is 1.56 bits per heavy atom. The maximum Gasteiger partial charge on any atom is 0.309 e. The number of halogens is 1. The average Bonchev–Trinajstić information content (AvgIpc) is 2.61. The number of aliphatic hydroxyl groups is 1. The molecule has 2 bridgehead atoms. The molecular formula is C19H24FNO4. The van der Waals surface area contributed by atoms with Crippen molar-refractivity contribution < 1.29 is 24.2 Å². The minimum atomic E-state index is -1.30. The lowest BCUT2D eigenvalue weighted by molar-refractivity contribution is -0.163. The van der Waals surface area contributed by atoms with Gasteiger partial charge in [0.15, 0.2) is 0 Å². The Bertz CT molecular complexity index is 659. The van der Waals surface area contributed by atoms with Crippen LogP contribution in [0.2, 0.25) is 0 Å². The van der Waals surface area contributed by atoms with Crippen LogP contribution in [-0.4, -0.2) is 28.6 Å². The fourth-order valence-corrected chi connectivity index (χ4v) is 4.20. The van der Waals surface area contributed by atoms with Crippen LogP contribution in [0.3, 0.4) is 0 Å². The Labute approximate surface area is 146 Å². The van der Waals surface area contributed by atoms with Gasteiger partial charge in [-0.2, -0.15) is 0 Å². The van der Waals surface area contributed by atoms with Gasteiger partial charge < -0.3 is 15.5 Å². The molecule has 0 heterocycles. The first-order valence-electron chi connectivity index (χ1n) is 8.69. The highest BCUT2D eigenvalue weighted by Gasteiger charge is 2.55. The number of amides is 1. The molecule has 0 radical (unpaired) electrons. The summed E-state index contributed by atoms with van der Waals surface area (Å²) < 4.78 is 13.0. The molecule has 1 aromatic carbocycles. The van der Waals surface area contributed by atoms with Crippen LogP contribution in [0.15, 0.2) is 24.3 Å². The van der Waals surface area contributed by atoms with Gasteiger partial charge in [-0.1, -0.05) is 12.1 Å². The monoisotopic (exact) mass is 349 g/mol. The largest absolute Gasteiger partial charge is 0.481 e. The van der Waals surface area contributed by atoms with E-state index < -0.39 is 22.4 Å². The number of aliphatic carboxylic acids is 1. The van der Waals surface area contributed by atoms with E-state index in [-0.39, 0.29) is 18.3 Å². The number of carbonyl (C=O) groups excluding carboxylic acids is 1. The first-order valence-corrected chi connectivity index (χ1v) is 8.69. The van der Waals surface area contributed by atoms with E-state index in [2.05, 4.69) is 5.32 Å². The Kier molecular flexibility index (Phi) is 4.35. The summed E-state index contributed by atoms with van der Waals surface area (Å²) >= 11 is 0. The lowest BCUT2D eigenvalue weighted by Gasteiger charge is -2.50. The molecule has 0 spiro atoms. The third-order valence-corrected chi connectivity index (χ3v) is 6.24. The molecule has 4 rings (SSSR count). The lowest BCUT2D eigenvalue weighted by atomic mass is 9.53. The number of fused-ring (bicyclic) bond motifs is 3. The van der Waals surface area contributed by atoms with Crippen molar-refractivity contribution in [3.8, 4) is 0 Å². The van der Waals surface area contributed by atoms with E-state index in [9.17, 15) is 24.2 Å². The zero-order valence-corrected chi connectivity index (χ0v) is 14.3. The molecule has 1 atom stereocenters. The van der Waals surface area contributed by atoms with Gasteiger partial charge in [-0.25, -0.2) is 4.39 Å². The molecule has 3 fully saturated rings. The molecule has 0 aromatic heterocycles. The fraction of sp³-hybridized carbons (Fsp3) is 0.579. The maximum atomic E-state index is 13.0. The number of rotatable bonds is 5. The van der Waals surface area contributed by atoms with Crippen LogP contribution in [0.4, 0.5) is 4.39 Å². The van der Waals surface area contributed by atoms with E-state index in [0.29, 0.717) is 44.1 Å². The summed E-state index contributed by atoms with van der Waals surface area (Å²) in [7, 11) is 0. The third kappa shape index (κ3) is 3.15. The molecule has 3 aliphatic rings. The van der Waals surface area contributed by atoms with Gasteiger partial charge in [0.25, 0.3) is 0 Å². The summed E-state index contributed by atoms with van der Waals surface area (Å²) in [6.07, 6.45) is 3.32. The number of carboxylic acids is 1. The molecule has 136 valence electrons. The van der Waals surface area contributed by atoms with Crippen LogP contribution in [0, 0.1) is 16.6 Å². The highest BCUT2D eigenvalue weighted by atomic mass is 19.1. The summed E-state index contributed by atoms with van der Waals surface area (Å²) in [5.41, 5.74) is -1.94. The van der Waals surface area contributed by atoms with Gasteiger partial charge in [0, 0.05) is 5.41 Å². The Morgan fingerprint density at radius 1 is 1.08 bits per heavy atom. The van der Waals surface area contributed by atoms with Gasteiger partial charge >= 0.3 is 5.97 Å². The number of hydrogen-bond acceptors (Lipinski definition) is 3. The van der Waals surface area contributed by atoms with E-state index >= 15 is 0 Å². The summed E-state index contributed by atoms with van der Waals surface area (Å²) in [5, 5.41) is 22.9. The molecule has 3 saturated carbocycles. The summed E-state index contributed by atoms with van der Waals surface area (Å²) in [6, 6.07) is 5.56. The number of carbonyl (C=O) groups is 2. The predicted molar refractivity (Wildman–Crippen MR) is 89.2 cm³/mol. The van der Waals surface area contributed by atoms with Crippen LogP contribution in [0.25, 0.3) is 0 Å². The van der Waals surface area contributed by atoms with Crippen LogP contribution in [0.5, 0.6) is 0 Å². The summed E-state index contributed by atoms with van der Waals surface area (Å²) in [4.78, 5) is 24.2. The molecule has 6 heteroatoms. The topological polar surface area (TPSA) is 86.6 Å². The van der Waals surface area contributed by atoms with Gasteiger partial charge in [0.2, 0.25) is 5.91 Å². The van der Waals surface area contributed by atoms with Gasteiger partial charge in [-0.05, 0) is 63.1 Å². The highest BCUT2D eigenvalue weighted by Crippen LogP contribution is 2.57. The molecule has 5 nitrogen and oxygen atoms in total. The van der Waals surface area contributed by atoms with E-state index in [1.54, 1.807) is 6.92 Å². The van der Waals surface area contributed by atoms with Crippen molar-refractivity contribution in [3.63, 3.8) is 0 Å². The standard InChI is InChI=1S/C19H24FNO4/c1-17(25,13-2-4-14(20)5-3-13)12-21-15(22)18-6-9-19(10-7-18,11-8-18)16(23)24/h2-5,25H,6-12H2,1H3,(H,21,22)(H,23,24). The first-order chi connectivity index (χ1) is 11.7. The van der Waals surface area contributed by atoms with E-state index in [1.165, 1.54) is 24.3 Å². The molecule has 0 aliphatic heterocycles. The smallest absolute Gasteiger partial charge is 0.309 e. The molecule has 1 unspecified atom stereocenters. The normalized spacial score (nSPS) is 30.5. The molecule has 0 saturated heterocycles. The van der Waals surface area contributed by atoms with Crippen LogP contribution in [0.1, 0.15) is 51.0 Å². The van der Waals surface area contributed by atoms with E-state index in [0.717, 1.165) is 0 Å². The molecular weight excluding hydrogens is 325 g/mol. The van der Waals surface area contributed by atoms with Crippen LogP contribution < -0.4 is 5.32 Å². The minimum Gasteiger partial charge on any atom is -0.481 e. The van der Waals surface area contributed by atoms with Gasteiger partial charge in [0.1, 0.15) is 11.4 Å². The molecule has 25 heavy (non-hydrogen) atoms. The SMILES string of the molecule is CC(O)(CNC(=O)C12CCC(C(=O)O)(CC1)CC2)c1ccc(F)cc1. The van der Waals surface area contributed by atoms with Crippen molar-refractivity contribution in [1.29, 1.82) is 0 Å². The van der Waals surface area contributed by atoms with Crippen molar-refractivity contribution in [1.82, 2.24) is 5.32 Å². The van der Waals surface area contributed by atoms with Crippen molar-refractivity contribution in [3.05, 3.63) is 35.6 Å². The highest BCUT2D eigenvalue weighted by molar-refractivity contribution is 5.84. The van der Waals surface area contributed by atoms with Gasteiger partial charge in [-0.15, -0.1) is 0 Å². The number of nitrogens with one attached hydrogen (secondary N) is 1. The summed E-state index contributed by atoms with van der Waals surface area (Å²) in [5.74, 6) is -1.25. The quantitative estimate of drug-likeness (QED) is 0.762. The van der Waals surface area contributed by atoms with Crippen molar-refractivity contribution in [2.75, 3.05) is 6.54 Å². The van der Waals surface area contributed by atoms with Gasteiger partial charge in [-0.3, -0.25) is 9.59 Å². The second kappa shape index (κ2) is 6.09. The van der Waals surface area contributed by atoms with Crippen LogP contribution in [-0.2, 0) is 15.2 Å². The van der Waals surface area contributed by atoms with Crippen molar-refractivity contribution in [2.24, 2.45) is 10.8 Å². The second-order valence-corrected chi connectivity index (χ2v) is 7.83. The average molecular weight is 349 g/mol. The molecule has 3 aliphatic carbocycles. The van der Waals surface area contributed by atoms with Crippen molar-refractivity contribution in [2.45, 2.75) is 51.0 Å². The van der Waals surface area contributed by atoms with E-state index in [4.69, 9.17) is 0 Å². The molecule has 3 N–H and O–H groups in total. The maximum absolute atomic E-state index is 13.0. The van der Waals surface area contributed by atoms with Crippen LogP contribution >= 0.6 is 0 Å². The minimum absolute atomic E-state index is 0.0310. The molecule has 1 amide bonds. The summed E-state index contributed by atoms with van der Waals surface area (Å²) in [6.45, 7) is 1.61. The zero-order valence-electron chi connectivity index (χ0n) is 14.3. The second-order valence-electron chi connectivity index (χ2n) is 7.83. The Hall–Kier alpha value is -1.95. The Balaban J connectivity index is 1.63. The van der Waals surface area contributed by atoms with E-state index in [1.807, 2.05) is 0 Å². The number of hydrogen-bond donors (Lipinski definition) is 3. The van der Waals surface area contributed by atoms with Gasteiger partial charge in [0.05, 0.1) is 12.0 Å². The zero-order chi connectivity index (χ0) is 18.3. The lowest BCUT2D eigenvalue weighted by Crippen LogP contribution is -2.53. The molecule has 1 aromatic rings. The first kappa shape index (κ1) is 17.9. The third-order valence-electron chi connectivity index (χ3n) is 6.24. The fourth-order valence-electron chi connectivity index (χ4n) is 4.20. The number of carboxylic acid groups (broad SMARTS) is 1. The predicted octanol–water partition coefficient (Wildman–Crippen LogP) is 2.57. The van der Waals surface area contributed by atoms with Crippen molar-refractivity contribution >= 4 is 11.9 Å². The Morgan fingerprint density at radius 3 is 2.04 bits per heavy atom. The number of benzene rings is 1.